The normalized spacial score (nSPS) is 13.7. The Morgan fingerprint density at radius 2 is 1.82 bits per heavy atom. The molecule has 2 aromatic rings. The number of halogens is 3. The van der Waals surface area contributed by atoms with E-state index in [1.807, 2.05) is 0 Å². The molecule has 1 aliphatic heterocycles. The highest BCUT2D eigenvalue weighted by Crippen LogP contribution is 2.27. The van der Waals surface area contributed by atoms with Crippen molar-refractivity contribution in [1.82, 2.24) is 10.2 Å². The zero-order valence-electron chi connectivity index (χ0n) is 15.9. The van der Waals surface area contributed by atoms with Crippen LogP contribution in [0.3, 0.4) is 0 Å². The SMILES string of the molecule is Cc1cccc(N2CCN(C(=O)NCOc3ccc(Cl)cc3Cl)CC2)c1C.Cl. The lowest BCUT2D eigenvalue weighted by Gasteiger charge is -2.37. The van der Waals surface area contributed by atoms with Crippen LogP contribution in [0.15, 0.2) is 36.4 Å². The van der Waals surface area contributed by atoms with Crippen molar-refractivity contribution in [2.75, 3.05) is 37.8 Å². The minimum Gasteiger partial charge on any atom is -0.472 e. The number of amides is 2. The molecule has 1 N–H and O–H groups in total. The molecule has 2 amide bonds. The van der Waals surface area contributed by atoms with Gasteiger partial charge in [-0.2, -0.15) is 0 Å². The molecule has 1 heterocycles. The zero-order valence-corrected chi connectivity index (χ0v) is 18.2. The summed E-state index contributed by atoms with van der Waals surface area (Å²) in [6.07, 6.45) is 0. The molecule has 1 aliphatic rings. The molecule has 1 saturated heterocycles. The summed E-state index contributed by atoms with van der Waals surface area (Å²) in [5.74, 6) is 0.487. The van der Waals surface area contributed by atoms with Crippen molar-refractivity contribution >= 4 is 47.3 Å². The van der Waals surface area contributed by atoms with Gasteiger partial charge in [0.1, 0.15) is 5.75 Å². The third-order valence-electron chi connectivity index (χ3n) is 4.83. The van der Waals surface area contributed by atoms with Gasteiger partial charge in [-0.25, -0.2) is 4.79 Å². The summed E-state index contributed by atoms with van der Waals surface area (Å²) in [7, 11) is 0. The van der Waals surface area contributed by atoms with Gasteiger partial charge in [-0.15, -0.1) is 12.4 Å². The average molecular weight is 445 g/mol. The molecule has 0 aromatic heterocycles. The molecule has 0 atom stereocenters. The van der Waals surface area contributed by atoms with Gasteiger partial charge < -0.3 is 19.9 Å². The number of ether oxygens (including phenoxy) is 1. The molecular weight excluding hydrogens is 421 g/mol. The summed E-state index contributed by atoms with van der Waals surface area (Å²) < 4.78 is 5.51. The van der Waals surface area contributed by atoms with Gasteiger partial charge in [0.05, 0.1) is 5.02 Å². The maximum absolute atomic E-state index is 12.4. The van der Waals surface area contributed by atoms with E-state index in [0.29, 0.717) is 28.9 Å². The molecule has 0 saturated carbocycles. The summed E-state index contributed by atoms with van der Waals surface area (Å²) in [4.78, 5) is 16.5. The van der Waals surface area contributed by atoms with Gasteiger partial charge in [0, 0.05) is 36.9 Å². The van der Waals surface area contributed by atoms with E-state index in [1.54, 1.807) is 23.1 Å². The number of benzene rings is 2. The maximum Gasteiger partial charge on any atom is 0.320 e. The van der Waals surface area contributed by atoms with Crippen LogP contribution in [-0.4, -0.2) is 43.8 Å². The number of anilines is 1. The van der Waals surface area contributed by atoms with E-state index < -0.39 is 0 Å². The Labute approximate surface area is 182 Å². The predicted molar refractivity (Wildman–Crippen MR) is 117 cm³/mol. The zero-order chi connectivity index (χ0) is 19.4. The van der Waals surface area contributed by atoms with Gasteiger partial charge in [-0.1, -0.05) is 35.3 Å². The van der Waals surface area contributed by atoms with Crippen molar-refractivity contribution in [2.45, 2.75) is 13.8 Å². The average Bonchev–Trinajstić information content (AvgIpc) is 2.66. The highest BCUT2D eigenvalue weighted by molar-refractivity contribution is 6.35. The van der Waals surface area contributed by atoms with Gasteiger partial charge in [-0.3, -0.25) is 0 Å². The number of carbonyl (C=O) groups excluding carboxylic acids is 1. The van der Waals surface area contributed by atoms with Gasteiger partial charge in [0.15, 0.2) is 6.73 Å². The summed E-state index contributed by atoms with van der Waals surface area (Å²) in [5.41, 5.74) is 3.82. The molecule has 0 radical (unpaired) electrons. The van der Waals surface area contributed by atoms with Crippen LogP contribution in [0.4, 0.5) is 10.5 Å². The van der Waals surface area contributed by atoms with Crippen LogP contribution >= 0.6 is 35.6 Å². The van der Waals surface area contributed by atoms with E-state index in [0.717, 1.165) is 13.1 Å². The first-order valence-corrected chi connectivity index (χ1v) is 9.63. The first kappa shape index (κ1) is 22.5. The Bertz CT molecular complexity index is 824. The number of nitrogens with one attached hydrogen (secondary N) is 1. The Morgan fingerprint density at radius 3 is 2.50 bits per heavy atom. The molecular formula is C20H24Cl3N3O2. The minimum absolute atomic E-state index is 0. The number of hydrogen-bond acceptors (Lipinski definition) is 3. The van der Waals surface area contributed by atoms with Crippen LogP contribution in [0, 0.1) is 13.8 Å². The van der Waals surface area contributed by atoms with E-state index in [4.69, 9.17) is 27.9 Å². The predicted octanol–water partition coefficient (Wildman–Crippen LogP) is 4.90. The second-order valence-corrected chi connectivity index (χ2v) is 7.38. The lowest BCUT2D eigenvalue weighted by Crippen LogP contribution is -2.52. The molecule has 8 heteroatoms. The van der Waals surface area contributed by atoms with E-state index in [2.05, 4.69) is 42.3 Å². The number of rotatable bonds is 4. The Hall–Kier alpha value is -1.82. The van der Waals surface area contributed by atoms with Crippen molar-refractivity contribution in [1.29, 1.82) is 0 Å². The molecule has 0 aliphatic carbocycles. The Morgan fingerprint density at radius 1 is 1.11 bits per heavy atom. The van der Waals surface area contributed by atoms with E-state index >= 15 is 0 Å². The van der Waals surface area contributed by atoms with Crippen molar-refractivity contribution in [3.63, 3.8) is 0 Å². The number of urea groups is 1. The highest BCUT2D eigenvalue weighted by atomic mass is 35.5. The second-order valence-electron chi connectivity index (χ2n) is 6.54. The minimum atomic E-state index is -0.138. The molecule has 0 spiro atoms. The largest absolute Gasteiger partial charge is 0.472 e. The van der Waals surface area contributed by atoms with Crippen LogP contribution in [0.2, 0.25) is 10.0 Å². The molecule has 28 heavy (non-hydrogen) atoms. The number of hydrogen-bond donors (Lipinski definition) is 1. The van der Waals surface area contributed by atoms with Crippen molar-refractivity contribution in [3.05, 3.63) is 57.6 Å². The highest BCUT2D eigenvalue weighted by Gasteiger charge is 2.22. The number of piperazine rings is 1. The quantitative estimate of drug-likeness (QED) is 0.682. The smallest absolute Gasteiger partial charge is 0.320 e. The first-order chi connectivity index (χ1) is 13.0. The Balaban J connectivity index is 0.00000280. The van der Waals surface area contributed by atoms with E-state index in [-0.39, 0.29) is 25.2 Å². The van der Waals surface area contributed by atoms with E-state index in [1.165, 1.54) is 16.8 Å². The van der Waals surface area contributed by atoms with Crippen molar-refractivity contribution in [2.24, 2.45) is 0 Å². The van der Waals surface area contributed by atoms with Crippen LogP contribution in [0.25, 0.3) is 0 Å². The lowest BCUT2D eigenvalue weighted by atomic mass is 10.1. The molecule has 1 fully saturated rings. The number of nitrogens with zero attached hydrogens (tertiary/aromatic N) is 2. The van der Waals surface area contributed by atoms with Gasteiger partial charge in [0.2, 0.25) is 0 Å². The fourth-order valence-electron chi connectivity index (χ4n) is 3.11. The van der Waals surface area contributed by atoms with Crippen LogP contribution in [0.5, 0.6) is 5.75 Å². The lowest BCUT2D eigenvalue weighted by molar-refractivity contribution is 0.181. The molecule has 3 rings (SSSR count). The molecule has 0 bridgehead atoms. The first-order valence-electron chi connectivity index (χ1n) is 8.87. The van der Waals surface area contributed by atoms with Crippen LogP contribution in [-0.2, 0) is 0 Å². The van der Waals surface area contributed by atoms with Gasteiger partial charge in [0.25, 0.3) is 0 Å². The Kier molecular flexibility index (Phi) is 8.10. The third kappa shape index (κ3) is 5.37. The van der Waals surface area contributed by atoms with Gasteiger partial charge >= 0.3 is 6.03 Å². The summed E-state index contributed by atoms with van der Waals surface area (Å²) in [6, 6.07) is 11.2. The third-order valence-corrected chi connectivity index (χ3v) is 5.36. The fourth-order valence-corrected chi connectivity index (χ4v) is 3.57. The molecule has 0 unspecified atom stereocenters. The van der Waals surface area contributed by atoms with Crippen LogP contribution in [0.1, 0.15) is 11.1 Å². The second kappa shape index (κ2) is 10.1. The molecule has 2 aromatic carbocycles. The summed E-state index contributed by atoms with van der Waals surface area (Å²) in [6.45, 7) is 7.26. The standard InChI is InChI=1S/C20H23Cl2N3O2.ClH/c1-14-4-3-5-18(15(14)2)24-8-10-25(11-9-24)20(26)23-13-27-19-7-6-16(21)12-17(19)22;/h3-7,12H,8-11,13H2,1-2H3,(H,23,26);1H. The monoisotopic (exact) mass is 443 g/mol. The fraction of sp³-hybridized carbons (Fsp3) is 0.350. The number of aryl methyl sites for hydroxylation is 1. The molecule has 152 valence electrons. The summed E-state index contributed by atoms with van der Waals surface area (Å²) in [5, 5.41) is 3.73. The number of carbonyl (C=O) groups is 1. The molecule has 5 nitrogen and oxygen atoms in total. The van der Waals surface area contributed by atoms with Crippen LogP contribution < -0.4 is 15.0 Å². The maximum atomic E-state index is 12.4. The van der Waals surface area contributed by atoms with Gasteiger partial charge in [-0.05, 0) is 49.2 Å². The summed E-state index contributed by atoms with van der Waals surface area (Å²) >= 11 is 11.9. The topological polar surface area (TPSA) is 44.8 Å². The van der Waals surface area contributed by atoms with E-state index in [9.17, 15) is 4.79 Å². The van der Waals surface area contributed by atoms with Crippen molar-refractivity contribution in [3.8, 4) is 5.75 Å². The van der Waals surface area contributed by atoms with Crippen molar-refractivity contribution < 1.29 is 9.53 Å².